The number of carbonyl (C=O) groups excluding carboxylic acids is 3. The highest BCUT2D eigenvalue weighted by Gasteiger charge is 2.62. The number of fused-ring (bicyclic) bond motifs is 5. The second-order valence-corrected chi connectivity index (χ2v) is 6.56. The molecule has 7 heteroatoms. The molecule has 1 aromatic rings. The van der Waals surface area contributed by atoms with Crippen molar-refractivity contribution in [3.63, 3.8) is 0 Å². The van der Waals surface area contributed by atoms with Crippen molar-refractivity contribution < 1.29 is 19.1 Å². The van der Waals surface area contributed by atoms with Crippen LogP contribution < -0.4 is 11.1 Å². The molecule has 4 rings (SSSR count). The van der Waals surface area contributed by atoms with E-state index in [2.05, 4.69) is 5.32 Å². The number of nitrogens with two attached hydrogens (primary N) is 1. The molecular formula is C17H19N3O4. The summed E-state index contributed by atoms with van der Waals surface area (Å²) < 4.78 is 5.68. The molecule has 3 N–H and O–H groups in total. The highest BCUT2D eigenvalue weighted by atomic mass is 16.5. The number of nitrogens with zero attached hydrogens (tertiary/aromatic N) is 1. The molecule has 2 bridgehead atoms. The van der Waals surface area contributed by atoms with Gasteiger partial charge in [-0.1, -0.05) is 12.1 Å². The Balaban J connectivity index is 1.38. The van der Waals surface area contributed by atoms with E-state index in [4.69, 9.17) is 10.5 Å². The van der Waals surface area contributed by atoms with E-state index in [-0.39, 0.29) is 54.7 Å². The summed E-state index contributed by atoms with van der Waals surface area (Å²) in [6.07, 6.45) is 1.49. The molecule has 0 radical (unpaired) electrons. The van der Waals surface area contributed by atoms with E-state index in [1.807, 2.05) is 0 Å². The van der Waals surface area contributed by atoms with Gasteiger partial charge in [-0.2, -0.15) is 0 Å². The zero-order valence-corrected chi connectivity index (χ0v) is 13.1. The van der Waals surface area contributed by atoms with E-state index in [0.717, 1.165) is 12.8 Å². The number of benzene rings is 1. The normalized spacial score (nSPS) is 30.8. The Morgan fingerprint density at radius 1 is 1.17 bits per heavy atom. The molecule has 1 aromatic carbocycles. The largest absolute Gasteiger partial charge is 0.397 e. The van der Waals surface area contributed by atoms with Crippen molar-refractivity contribution >= 4 is 29.1 Å². The summed E-state index contributed by atoms with van der Waals surface area (Å²) in [5.41, 5.74) is 6.79. The summed E-state index contributed by atoms with van der Waals surface area (Å²) in [5.74, 6) is -1.34. The standard InChI is InChI=1S/C17H19N3O4/c18-9-3-1-2-4-10(9)19-13(21)7-8-20-16(22)14-11-5-6-12(24-11)15(14)17(20)23/h1-4,11-12,14-15H,5-8,18H2,(H,19,21). The van der Waals surface area contributed by atoms with E-state index >= 15 is 0 Å². The Hall–Kier alpha value is -2.41. The molecular weight excluding hydrogens is 310 g/mol. The number of anilines is 2. The summed E-state index contributed by atoms with van der Waals surface area (Å²) in [7, 11) is 0. The van der Waals surface area contributed by atoms with E-state index in [1.165, 1.54) is 4.90 Å². The Morgan fingerprint density at radius 3 is 2.42 bits per heavy atom. The maximum atomic E-state index is 12.5. The fourth-order valence-corrected chi connectivity index (χ4v) is 4.03. The predicted molar refractivity (Wildman–Crippen MR) is 85.7 cm³/mol. The molecule has 7 nitrogen and oxygen atoms in total. The van der Waals surface area contributed by atoms with Crippen LogP contribution in [-0.2, 0) is 19.1 Å². The molecule has 3 saturated heterocycles. The van der Waals surface area contributed by atoms with Crippen LogP contribution in [0, 0.1) is 11.8 Å². The number of ether oxygens (including phenoxy) is 1. The third kappa shape index (κ3) is 2.27. The minimum atomic E-state index is -0.343. The Morgan fingerprint density at radius 2 is 1.79 bits per heavy atom. The first kappa shape index (κ1) is 15.1. The van der Waals surface area contributed by atoms with Crippen LogP contribution in [0.1, 0.15) is 19.3 Å². The highest BCUT2D eigenvalue weighted by molar-refractivity contribution is 6.06. The average Bonchev–Trinajstić information content (AvgIpc) is 3.23. The van der Waals surface area contributed by atoms with Gasteiger partial charge >= 0.3 is 0 Å². The predicted octanol–water partition coefficient (Wildman–Crippen LogP) is 0.760. The van der Waals surface area contributed by atoms with Crippen LogP contribution in [0.4, 0.5) is 11.4 Å². The number of hydrogen-bond acceptors (Lipinski definition) is 5. The molecule has 4 unspecified atom stereocenters. The number of amides is 3. The van der Waals surface area contributed by atoms with Crippen LogP contribution in [0.3, 0.4) is 0 Å². The zero-order chi connectivity index (χ0) is 16.8. The summed E-state index contributed by atoms with van der Waals surface area (Å²) in [6, 6.07) is 6.96. The van der Waals surface area contributed by atoms with Crippen LogP contribution in [0.5, 0.6) is 0 Å². The van der Waals surface area contributed by atoms with Gasteiger partial charge < -0.3 is 15.8 Å². The average molecular weight is 329 g/mol. The van der Waals surface area contributed by atoms with Crippen molar-refractivity contribution in [1.82, 2.24) is 4.90 Å². The molecule has 3 heterocycles. The van der Waals surface area contributed by atoms with Crippen molar-refractivity contribution in [2.24, 2.45) is 11.8 Å². The molecule has 3 fully saturated rings. The maximum Gasteiger partial charge on any atom is 0.235 e. The first-order valence-electron chi connectivity index (χ1n) is 8.21. The van der Waals surface area contributed by atoms with Crippen LogP contribution in [0.15, 0.2) is 24.3 Å². The number of rotatable bonds is 4. The Labute approximate surface area is 139 Å². The van der Waals surface area contributed by atoms with Gasteiger partial charge in [0, 0.05) is 13.0 Å². The number of para-hydroxylation sites is 2. The second kappa shape index (κ2) is 5.59. The Kier molecular flexibility index (Phi) is 3.53. The fourth-order valence-electron chi connectivity index (χ4n) is 4.03. The summed E-state index contributed by atoms with van der Waals surface area (Å²) >= 11 is 0. The van der Waals surface area contributed by atoms with Crippen molar-refractivity contribution in [3.8, 4) is 0 Å². The first-order chi connectivity index (χ1) is 11.6. The van der Waals surface area contributed by atoms with Crippen molar-refractivity contribution in [1.29, 1.82) is 0 Å². The smallest absolute Gasteiger partial charge is 0.235 e. The molecule has 3 aliphatic heterocycles. The molecule has 0 aromatic heterocycles. The number of likely N-dealkylation sites (tertiary alicyclic amines) is 1. The van der Waals surface area contributed by atoms with E-state index in [0.29, 0.717) is 11.4 Å². The van der Waals surface area contributed by atoms with E-state index in [9.17, 15) is 14.4 Å². The third-order valence-electron chi connectivity index (χ3n) is 5.17. The van der Waals surface area contributed by atoms with Crippen molar-refractivity contribution in [2.45, 2.75) is 31.5 Å². The SMILES string of the molecule is Nc1ccccc1NC(=O)CCN1C(=O)C2C3CCC(O3)C2C1=O. The molecule has 0 saturated carbocycles. The van der Waals surface area contributed by atoms with Crippen LogP contribution in [0.2, 0.25) is 0 Å². The van der Waals surface area contributed by atoms with Gasteiger partial charge in [0.2, 0.25) is 17.7 Å². The molecule has 126 valence electrons. The highest BCUT2D eigenvalue weighted by Crippen LogP contribution is 2.48. The van der Waals surface area contributed by atoms with Crippen molar-refractivity contribution in [3.05, 3.63) is 24.3 Å². The van der Waals surface area contributed by atoms with Gasteiger partial charge in [-0.3, -0.25) is 19.3 Å². The van der Waals surface area contributed by atoms with Gasteiger partial charge in [-0.05, 0) is 25.0 Å². The van der Waals surface area contributed by atoms with Crippen molar-refractivity contribution in [2.75, 3.05) is 17.6 Å². The lowest BCUT2D eigenvalue weighted by Gasteiger charge is -2.17. The number of imide groups is 1. The summed E-state index contributed by atoms with van der Waals surface area (Å²) in [4.78, 5) is 38.3. The summed E-state index contributed by atoms with van der Waals surface area (Å²) in [5, 5.41) is 2.71. The fraction of sp³-hybridized carbons (Fsp3) is 0.471. The number of carbonyl (C=O) groups is 3. The van der Waals surface area contributed by atoms with Gasteiger partial charge in [0.25, 0.3) is 0 Å². The quantitative estimate of drug-likeness (QED) is 0.627. The van der Waals surface area contributed by atoms with Gasteiger partial charge in [0.05, 0.1) is 35.4 Å². The second-order valence-electron chi connectivity index (χ2n) is 6.56. The number of hydrogen-bond donors (Lipinski definition) is 2. The zero-order valence-electron chi connectivity index (χ0n) is 13.1. The Bertz CT molecular complexity index is 692. The van der Waals surface area contributed by atoms with Gasteiger partial charge in [-0.25, -0.2) is 0 Å². The summed E-state index contributed by atoms with van der Waals surface area (Å²) in [6.45, 7) is 0.0999. The van der Waals surface area contributed by atoms with Gasteiger partial charge in [0.15, 0.2) is 0 Å². The van der Waals surface area contributed by atoms with Gasteiger partial charge in [-0.15, -0.1) is 0 Å². The lowest BCUT2D eigenvalue weighted by molar-refractivity contribution is -0.142. The van der Waals surface area contributed by atoms with E-state index < -0.39 is 0 Å². The lowest BCUT2D eigenvalue weighted by atomic mass is 9.81. The molecule has 3 aliphatic rings. The molecule has 3 amide bonds. The monoisotopic (exact) mass is 329 g/mol. The molecule has 24 heavy (non-hydrogen) atoms. The lowest BCUT2D eigenvalue weighted by Crippen LogP contribution is -2.36. The molecule has 0 aliphatic carbocycles. The maximum absolute atomic E-state index is 12.5. The first-order valence-corrected chi connectivity index (χ1v) is 8.21. The third-order valence-corrected chi connectivity index (χ3v) is 5.17. The number of nitrogen functional groups attached to an aromatic ring is 1. The minimum Gasteiger partial charge on any atom is -0.397 e. The van der Waals surface area contributed by atoms with Crippen LogP contribution in [-0.4, -0.2) is 41.4 Å². The van der Waals surface area contributed by atoms with Crippen LogP contribution in [0.25, 0.3) is 0 Å². The van der Waals surface area contributed by atoms with Gasteiger partial charge in [0.1, 0.15) is 0 Å². The molecule has 0 spiro atoms. The topological polar surface area (TPSA) is 102 Å². The minimum absolute atomic E-state index is 0.0570. The molecule has 4 atom stereocenters. The van der Waals surface area contributed by atoms with E-state index in [1.54, 1.807) is 24.3 Å². The van der Waals surface area contributed by atoms with Crippen LogP contribution >= 0.6 is 0 Å². The number of nitrogens with one attached hydrogen (secondary N) is 1.